The van der Waals surface area contributed by atoms with Gasteiger partial charge in [-0.15, -0.1) is 0 Å². The second kappa shape index (κ2) is 6.47. The number of rotatable bonds is 4. The third-order valence-electron chi connectivity index (χ3n) is 2.60. The van der Waals surface area contributed by atoms with E-state index in [-0.39, 0.29) is 5.91 Å². The van der Waals surface area contributed by atoms with Gasteiger partial charge in [0.25, 0.3) is 5.91 Å². The van der Waals surface area contributed by atoms with Crippen molar-refractivity contribution in [3.63, 3.8) is 0 Å². The topological polar surface area (TPSA) is 59.3 Å². The van der Waals surface area contributed by atoms with Crippen molar-refractivity contribution in [2.75, 3.05) is 0 Å². The van der Waals surface area contributed by atoms with E-state index in [9.17, 15) is 4.79 Å². The van der Waals surface area contributed by atoms with E-state index in [1.54, 1.807) is 24.0 Å². The predicted molar refractivity (Wildman–Crippen MR) is 79.3 cm³/mol. The van der Waals surface area contributed by atoms with Crippen molar-refractivity contribution in [2.24, 2.45) is 12.1 Å². The van der Waals surface area contributed by atoms with Gasteiger partial charge in [0.1, 0.15) is 0 Å². The van der Waals surface area contributed by atoms with Gasteiger partial charge < -0.3 is 0 Å². The van der Waals surface area contributed by atoms with E-state index in [4.69, 9.17) is 0 Å². The van der Waals surface area contributed by atoms with Crippen LogP contribution in [0.5, 0.6) is 0 Å². The molecule has 0 aliphatic heterocycles. The first kappa shape index (κ1) is 13.7. The Balaban J connectivity index is 1.94. The number of hydrazone groups is 1. The lowest BCUT2D eigenvalue weighted by atomic mass is 10.2. The van der Waals surface area contributed by atoms with Gasteiger partial charge in [-0.2, -0.15) is 10.2 Å². The summed E-state index contributed by atoms with van der Waals surface area (Å²) in [4.78, 5) is 11.7. The van der Waals surface area contributed by atoms with E-state index in [0.29, 0.717) is 11.4 Å². The molecule has 0 saturated carbocycles. The minimum atomic E-state index is -0.321. The Morgan fingerprint density at radius 1 is 1.30 bits per heavy atom. The van der Waals surface area contributed by atoms with E-state index >= 15 is 0 Å². The monoisotopic (exact) mass is 268 g/mol. The fourth-order valence-corrected chi connectivity index (χ4v) is 1.55. The Hall–Kier alpha value is -2.69. The molecule has 2 rings (SSSR count). The fraction of sp³-hybridized carbons (Fsp3) is 0.133. The van der Waals surface area contributed by atoms with Crippen molar-refractivity contribution in [3.05, 3.63) is 59.9 Å². The smallest absolute Gasteiger partial charge is 0.275 e. The van der Waals surface area contributed by atoms with Crippen LogP contribution in [0.25, 0.3) is 6.08 Å². The molecule has 5 heteroatoms. The molecule has 0 fully saturated rings. The molecule has 1 aromatic heterocycles. The lowest BCUT2D eigenvalue weighted by Crippen LogP contribution is -2.19. The molecule has 1 amide bonds. The van der Waals surface area contributed by atoms with E-state index in [0.717, 1.165) is 5.56 Å². The maximum absolute atomic E-state index is 11.7. The number of benzene rings is 1. The number of allylic oxidation sites excluding steroid dienone is 1. The van der Waals surface area contributed by atoms with E-state index in [1.807, 2.05) is 49.4 Å². The molecule has 2 aromatic rings. The highest BCUT2D eigenvalue weighted by Crippen LogP contribution is 2.01. The Morgan fingerprint density at radius 2 is 2.05 bits per heavy atom. The number of amides is 1. The molecule has 5 nitrogen and oxygen atoms in total. The third-order valence-corrected chi connectivity index (χ3v) is 2.60. The quantitative estimate of drug-likeness (QED) is 0.683. The Kier molecular flexibility index (Phi) is 4.44. The zero-order valence-electron chi connectivity index (χ0n) is 11.4. The number of hydrogen-bond acceptors (Lipinski definition) is 3. The lowest BCUT2D eigenvalue weighted by molar-refractivity contribution is 0.0949. The summed E-state index contributed by atoms with van der Waals surface area (Å²) in [6.45, 7) is 1.82. The van der Waals surface area contributed by atoms with Crippen LogP contribution in [0.2, 0.25) is 0 Å². The first-order valence-corrected chi connectivity index (χ1v) is 6.22. The van der Waals surface area contributed by atoms with Crippen LogP contribution in [0.3, 0.4) is 0 Å². The van der Waals surface area contributed by atoms with Crippen LogP contribution in [-0.2, 0) is 7.05 Å². The third kappa shape index (κ3) is 3.91. The molecular formula is C15H16N4O. The number of aromatic nitrogens is 2. The van der Waals surface area contributed by atoms with Crippen molar-refractivity contribution in [3.8, 4) is 0 Å². The van der Waals surface area contributed by atoms with Gasteiger partial charge in [0.2, 0.25) is 0 Å². The molecule has 0 aliphatic rings. The second-order valence-corrected chi connectivity index (χ2v) is 4.31. The molecule has 0 aliphatic carbocycles. The molecule has 1 aromatic carbocycles. The first-order chi connectivity index (χ1) is 9.65. The zero-order chi connectivity index (χ0) is 14.4. The SMILES string of the molecule is CC(/C=C/c1ccccc1)=N\NC(=O)c1ccn(C)n1. The van der Waals surface area contributed by atoms with E-state index in [1.165, 1.54) is 0 Å². The molecule has 0 saturated heterocycles. The summed E-state index contributed by atoms with van der Waals surface area (Å²) in [5.41, 5.74) is 4.60. The van der Waals surface area contributed by atoms with Gasteiger partial charge in [0, 0.05) is 13.2 Å². The largest absolute Gasteiger partial charge is 0.291 e. The molecule has 20 heavy (non-hydrogen) atoms. The molecule has 0 spiro atoms. The standard InChI is InChI=1S/C15H16N4O/c1-12(8-9-13-6-4-3-5-7-13)16-17-15(20)14-10-11-19(2)18-14/h3-11H,1-2H3,(H,17,20)/b9-8+,16-12+. The Labute approximate surface area is 117 Å². The molecule has 0 radical (unpaired) electrons. The number of carbonyl (C=O) groups excluding carboxylic acids is 1. The summed E-state index contributed by atoms with van der Waals surface area (Å²) in [7, 11) is 1.76. The molecular weight excluding hydrogens is 252 g/mol. The number of hydrogen-bond donors (Lipinski definition) is 1. The summed E-state index contributed by atoms with van der Waals surface area (Å²) >= 11 is 0. The molecule has 102 valence electrons. The van der Waals surface area contributed by atoms with E-state index < -0.39 is 0 Å². The number of nitrogens with zero attached hydrogens (tertiary/aromatic N) is 3. The summed E-state index contributed by atoms with van der Waals surface area (Å²) in [6, 6.07) is 11.5. The number of aryl methyl sites for hydroxylation is 1. The second-order valence-electron chi connectivity index (χ2n) is 4.31. The summed E-state index contributed by atoms with van der Waals surface area (Å²) in [5.74, 6) is -0.321. The van der Waals surface area contributed by atoms with Crippen molar-refractivity contribution in [1.29, 1.82) is 0 Å². The molecule has 1 heterocycles. The highest BCUT2D eigenvalue weighted by molar-refractivity contribution is 5.98. The molecule has 0 unspecified atom stereocenters. The molecule has 0 atom stereocenters. The van der Waals surface area contributed by atoms with Crippen molar-refractivity contribution in [1.82, 2.24) is 15.2 Å². The van der Waals surface area contributed by atoms with Gasteiger partial charge in [0.05, 0.1) is 5.71 Å². The van der Waals surface area contributed by atoms with Gasteiger partial charge in [0.15, 0.2) is 5.69 Å². The molecule has 0 bridgehead atoms. The fourth-order valence-electron chi connectivity index (χ4n) is 1.55. The van der Waals surface area contributed by atoms with Crippen LogP contribution in [0.4, 0.5) is 0 Å². The zero-order valence-corrected chi connectivity index (χ0v) is 11.4. The van der Waals surface area contributed by atoms with Crippen LogP contribution in [-0.4, -0.2) is 21.4 Å². The Morgan fingerprint density at radius 3 is 2.70 bits per heavy atom. The summed E-state index contributed by atoms with van der Waals surface area (Å²) in [5, 5.41) is 8.01. The minimum Gasteiger partial charge on any atom is -0.275 e. The highest BCUT2D eigenvalue weighted by atomic mass is 16.2. The Bertz CT molecular complexity index is 641. The average Bonchev–Trinajstić information content (AvgIpc) is 2.90. The van der Waals surface area contributed by atoms with Crippen molar-refractivity contribution >= 4 is 17.7 Å². The van der Waals surface area contributed by atoms with E-state index in [2.05, 4.69) is 15.6 Å². The van der Waals surface area contributed by atoms with Gasteiger partial charge in [-0.1, -0.05) is 36.4 Å². The van der Waals surface area contributed by atoms with Crippen molar-refractivity contribution in [2.45, 2.75) is 6.92 Å². The highest BCUT2D eigenvalue weighted by Gasteiger charge is 2.06. The summed E-state index contributed by atoms with van der Waals surface area (Å²) in [6.07, 6.45) is 5.49. The van der Waals surface area contributed by atoms with Gasteiger partial charge in [-0.3, -0.25) is 9.48 Å². The minimum absolute atomic E-state index is 0.321. The molecule has 1 N–H and O–H groups in total. The maximum Gasteiger partial charge on any atom is 0.291 e. The van der Waals surface area contributed by atoms with Crippen molar-refractivity contribution < 1.29 is 4.79 Å². The van der Waals surface area contributed by atoms with Gasteiger partial charge in [-0.25, -0.2) is 5.43 Å². The number of carbonyl (C=O) groups is 1. The van der Waals surface area contributed by atoms with Crippen LogP contribution < -0.4 is 5.43 Å². The predicted octanol–water partition coefficient (Wildman–Crippen LogP) is 2.24. The van der Waals surface area contributed by atoms with Gasteiger partial charge >= 0.3 is 0 Å². The lowest BCUT2D eigenvalue weighted by Gasteiger charge is -1.97. The first-order valence-electron chi connectivity index (χ1n) is 6.22. The van der Waals surface area contributed by atoms with Crippen LogP contribution in [0.15, 0.2) is 53.8 Å². The van der Waals surface area contributed by atoms with Crippen LogP contribution in [0, 0.1) is 0 Å². The number of nitrogens with one attached hydrogen (secondary N) is 1. The van der Waals surface area contributed by atoms with Crippen LogP contribution in [0.1, 0.15) is 23.0 Å². The van der Waals surface area contributed by atoms with Gasteiger partial charge in [-0.05, 0) is 24.6 Å². The normalized spacial score (nSPS) is 11.8. The average molecular weight is 268 g/mol. The summed E-state index contributed by atoms with van der Waals surface area (Å²) < 4.78 is 1.57. The van der Waals surface area contributed by atoms with Crippen LogP contribution >= 0.6 is 0 Å². The maximum atomic E-state index is 11.7.